The van der Waals surface area contributed by atoms with Crippen molar-refractivity contribution in [2.45, 2.75) is 51.4 Å². The van der Waals surface area contributed by atoms with Crippen molar-refractivity contribution in [1.29, 1.82) is 0 Å². The molecule has 2 atom stereocenters. The first-order chi connectivity index (χ1) is 5.91. The summed E-state index contributed by atoms with van der Waals surface area (Å²) in [7, 11) is -1.18. The standard InChI is InChI=1S/C11H22OSi/c1-9(13(2,3)4)10-6-5-7-11(12)8-10/h10-12H,1,5-8H2,2-4H3/t10-,11-/m1/s1. The molecule has 1 rings (SSSR count). The third-order valence-corrected chi connectivity index (χ3v) is 5.44. The molecule has 0 radical (unpaired) electrons. The van der Waals surface area contributed by atoms with Crippen molar-refractivity contribution >= 4 is 8.07 Å². The largest absolute Gasteiger partial charge is 0.393 e. The Morgan fingerprint density at radius 3 is 2.38 bits per heavy atom. The van der Waals surface area contributed by atoms with E-state index in [-0.39, 0.29) is 6.10 Å². The Morgan fingerprint density at radius 1 is 1.31 bits per heavy atom. The summed E-state index contributed by atoms with van der Waals surface area (Å²) < 4.78 is 0. The van der Waals surface area contributed by atoms with E-state index in [4.69, 9.17) is 0 Å². The number of hydrogen-bond acceptors (Lipinski definition) is 1. The summed E-state index contributed by atoms with van der Waals surface area (Å²) in [5.41, 5.74) is 0. The van der Waals surface area contributed by atoms with Crippen molar-refractivity contribution < 1.29 is 5.11 Å². The van der Waals surface area contributed by atoms with Crippen LogP contribution in [0.2, 0.25) is 19.6 Å². The highest BCUT2D eigenvalue weighted by atomic mass is 28.3. The fourth-order valence-corrected chi connectivity index (χ4v) is 3.58. The lowest BCUT2D eigenvalue weighted by Gasteiger charge is -2.33. The minimum absolute atomic E-state index is 0.0631. The molecule has 0 heterocycles. The second-order valence-corrected chi connectivity index (χ2v) is 10.4. The molecule has 1 saturated carbocycles. The van der Waals surface area contributed by atoms with Crippen molar-refractivity contribution in [2.24, 2.45) is 5.92 Å². The van der Waals surface area contributed by atoms with Crippen LogP contribution in [0.3, 0.4) is 0 Å². The number of aliphatic hydroxyl groups excluding tert-OH is 1. The molecule has 1 N–H and O–H groups in total. The smallest absolute Gasteiger partial charge is 0.0720 e. The van der Waals surface area contributed by atoms with Crippen molar-refractivity contribution in [2.75, 3.05) is 0 Å². The van der Waals surface area contributed by atoms with Crippen LogP contribution in [-0.2, 0) is 0 Å². The van der Waals surface area contributed by atoms with E-state index in [0.717, 1.165) is 12.8 Å². The van der Waals surface area contributed by atoms with Gasteiger partial charge in [0, 0.05) is 0 Å². The van der Waals surface area contributed by atoms with E-state index in [0.29, 0.717) is 5.92 Å². The van der Waals surface area contributed by atoms with Crippen LogP contribution in [0.15, 0.2) is 11.8 Å². The first-order valence-electron chi connectivity index (χ1n) is 5.28. The third kappa shape index (κ3) is 2.95. The molecular weight excluding hydrogens is 176 g/mol. The van der Waals surface area contributed by atoms with Gasteiger partial charge in [0.25, 0.3) is 0 Å². The fourth-order valence-electron chi connectivity index (χ4n) is 2.09. The van der Waals surface area contributed by atoms with E-state index in [1.165, 1.54) is 18.0 Å². The van der Waals surface area contributed by atoms with Gasteiger partial charge in [0.2, 0.25) is 0 Å². The van der Waals surface area contributed by atoms with Crippen molar-refractivity contribution in [1.82, 2.24) is 0 Å². The van der Waals surface area contributed by atoms with E-state index >= 15 is 0 Å². The van der Waals surface area contributed by atoms with E-state index in [9.17, 15) is 5.11 Å². The predicted octanol–water partition coefficient (Wildman–Crippen LogP) is 2.97. The SMILES string of the molecule is C=C([C@@H]1CCC[C@@H](O)C1)[Si](C)(C)C. The van der Waals surface area contributed by atoms with Crippen LogP contribution in [0.1, 0.15) is 25.7 Å². The molecule has 0 aromatic carbocycles. The van der Waals surface area contributed by atoms with Gasteiger partial charge in [-0.2, -0.15) is 0 Å². The maximum absolute atomic E-state index is 9.57. The van der Waals surface area contributed by atoms with Gasteiger partial charge >= 0.3 is 0 Å². The quantitative estimate of drug-likeness (QED) is 0.676. The highest BCUT2D eigenvalue weighted by Crippen LogP contribution is 2.33. The lowest BCUT2D eigenvalue weighted by molar-refractivity contribution is 0.112. The number of allylic oxidation sites excluding steroid dienone is 1. The van der Waals surface area contributed by atoms with Gasteiger partial charge in [-0.25, -0.2) is 0 Å². The Hall–Kier alpha value is -0.0831. The Labute approximate surface area is 82.9 Å². The molecule has 0 aromatic rings. The molecule has 0 unspecified atom stereocenters. The third-order valence-electron chi connectivity index (χ3n) is 3.10. The Bertz CT molecular complexity index is 193. The summed E-state index contributed by atoms with van der Waals surface area (Å²) in [6.07, 6.45) is 4.32. The minimum atomic E-state index is -1.18. The molecule has 1 fully saturated rings. The van der Waals surface area contributed by atoms with Gasteiger partial charge in [0.1, 0.15) is 0 Å². The van der Waals surface area contributed by atoms with Crippen LogP contribution in [0.4, 0.5) is 0 Å². The second kappa shape index (κ2) is 3.97. The topological polar surface area (TPSA) is 20.2 Å². The normalized spacial score (nSPS) is 30.2. The monoisotopic (exact) mass is 198 g/mol. The van der Waals surface area contributed by atoms with Gasteiger partial charge in [-0.15, -0.1) is 6.58 Å². The molecule has 76 valence electrons. The maximum atomic E-state index is 9.57. The van der Waals surface area contributed by atoms with Crippen molar-refractivity contribution in [3.8, 4) is 0 Å². The zero-order valence-electron chi connectivity index (χ0n) is 9.14. The highest BCUT2D eigenvalue weighted by Gasteiger charge is 2.28. The van der Waals surface area contributed by atoms with Crippen LogP contribution in [0.5, 0.6) is 0 Å². The summed E-state index contributed by atoms with van der Waals surface area (Å²) in [5, 5.41) is 11.0. The lowest BCUT2D eigenvalue weighted by atomic mass is 9.87. The summed E-state index contributed by atoms with van der Waals surface area (Å²) >= 11 is 0. The first-order valence-corrected chi connectivity index (χ1v) is 8.78. The summed E-state index contributed by atoms with van der Waals surface area (Å²) in [6.45, 7) is 11.3. The van der Waals surface area contributed by atoms with E-state index in [2.05, 4.69) is 26.2 Å². The molecule has 1 nitrogen and oxygen atoms in total. The fraction of sp³-hybridized carbons (Fsp3) is 0.818. The highest BCUT2D eigenvalue weighted by molar-refractivity contribution is 6.83. The van der Waals surface area contributed by atoms with E-state index in [1.54, 1.807) is 0 Å². The minimum Gasteiger partial charge on any atom is -0.393 e. The Morgan fingerprint density at radius 2 is 1.92 bits per heavy atom. The predicted molar refractivity (Wildman–Crippen MR) is 60.5 cm³/mol. The lowest BCUT2D eigenvalue weighted by Crippen LogP contribution is -2.32. The second-order valence-electron chi connectivity index (χ2n) is 5.29. The van der Waals surface area contributed by atoms with Gasteiger partial charge in [0.15, 0.2) is 0 Å². The molecule has 1 aliphatic rings. The van der Waals surface area contributed by atoms with E-state index in [1.807, 2.05) is 0 Å². The molecule has 0 spiro atoms. The molecule has 0 saturated heterocycles. The van der Waals surface area contributed by atoms with E-state index < -0.39 is 8.07 Å². The summed E-state index contributed by atoms with van der Waals surface area (Å²) in [5.74, 6) is 0.607. The zero-order valence-corrected chi connectivity index (χ0v) is 10.1. The van der Waals surface area contributed by atoms with Crippen LogP contribution in [-0.4, -0.2) is 19.3 Å². The van der Waals surface area contributed by atoms with Crippen molar-refractivity contribution in [3.63, 3.8) is 0 Å². The van der Waals surface area contributed by atoms with Crippen LogP contribution < -0.4 is 0 Å². The maximum Gasteiger partial charge on any atom is 0.0720 e. The van der Waals surface area contributed by atoms with Crippen LogP contribution >= 0.6 is 0 Å². The molecular formula is C11H22OSi. The average molecular weight is 198 g/mol. The molecule has 0 amide bonds. The summed E-state index contributed by atoms with van der Waals surface area (Å²) in [6, 6.07) is 0. The Balaban J connectivity index is 2.56. The van der Waals surface area contributed by atoms with Gasteiger partial charge < -0.3 is 5.11 Å². The average Bonchev–Trinajstić information content (AvgIpc) is 2.01. The number of aliphatic hydroxyl groups is 1. The molecule has 13 heavy (non-hydrogen) atoms. The molecule has 1 aliphatic carbocycles. The Kier molecular flexibility index (Phi) is 3.36. The van der Waals surface area contributed by atoms with Crippen LogP contribution in [0, 0.1) is 5.92 Å². The number of hydrogen-bond donors (Lipinski definition) is 1. The van der Waals surface area contributed by atoms with Gasteiger partial charge in [-0.3, -0.25) is 0 Å². The summed E-state index contributed by atoms with van der Waals surface area (Å²) in [4.78, 5) is 0. The molecule has 2 heteroatoms. The van der Waals surface area contributed by atoms with Gasteiger partial charge in [-0.05, 0) is 25.2 Å². The van der Waals surface area contributed by atoms with Gasteiger partial charge in [-0.1, -0.05) is 31.3 Å². The van der Waals surface area contributed by atoms with Crippen LogP contribution in [0.25, 0.3) is 0 Å². The molecule has 0 aliphatic heterocycles. The molecule has 0 aromatic heterocycles. The van der Waals surface area contributed by atoms with Crippen molar-refractivity contribution in [3.05, 3.63) is 11.8 Å². The zero-order chi connectivity index (χ0) is 10.1. The van der Waals surface area contributed by atoms with Gasteiger partial charge in [0.05, 0.1) is 14.2 Å². The first kappa shape index (κ1) is 11.0. The molecule has 0 bridgehead atoms. The number of rotatable bonds is 2.